The van der Waals surface area contributed by atoms with Crippen LogP contribution in [-0.4, -0.2) is 19.8 Å². The van der Waals surface area contributed by atoms with Crippen LogP contribution < -0.4 is 14.2 Å². The first-order valence-electron chi connectivity index (χ1n) is 12.1. The molecule has 34 heavy (non-hydrogen) atoms. The van der Waals surface area contributed by atoms with Crippen LogP contribution >= 0.6 is 0 Å². The predicted octanol–water partition coefficient (Wildman–Crippen LogP) is 7.25. The van der Waals surface area contributed by atoms with Crippen LogP contribution in [0, 0.1) is 0 Å². The molecule has 0 aliphatic heterocycles. The summed E-state index contributed by atoms with van der Waals surface area (Å²) in [6.07, 6.45) is 0. The minimum Gasteiger partial charge on any atom is -0.494 e. The SMILES string of the molecule is CCOc1ccc2c(c1)C(c1ccccc1)(c1ccccc1)c1c(OCC)ccc(OCC)c1-2. The standard InChI is InChI=1S/C31H30O3/c1-4-32-24-17-18-25-26(21-24)31(22-13-9-7-10-14-22,23-15-11-8-12-16-23)30-28(34-6-3)20-19-27(29(25)30)33-5-2/h7-21H,4-6H2,1-3H3. The molecule has 0 bridgehead atoms. The number of hydrogen-bond acceptors (Lipinski definition) is 3. The van der Waals surface area contributed by atoms with Gasteiger partial charge in [-0.05, 0) is 67.3 Å². The van der Waals surface area contributed by atoms with Crippen LogP contribution in [0.4, 0.5) is 0 Å². The largest absolute Gasteiger partial charge is 0.494 e. The van der Waals surface area contributed by atoms with Crippen molar-refractivity contribution in [2.45, 2.75) is 26.2 Å². The second-order valence-corrected chi connectivity index (χ2v) is 8.30. The molecule has 1 aliphatic rings. The summed E-state index contributed by atoms with van der Waals surface area (Å²) in [5.41, 5.74) is 6.35. The van der Waals surface area contributed by atoms with E-state index in [1.54, 1.807) is 0 Å². The third kappa shape index (κ3) is 3.35. The van der Waals surface area contributed by atoms with Crippen molar-refractivity contribution in [2.75, 3.05) is 19.8 Å². The maximum atomic E-state index is 6.30. The molecule has 0 amide bonds. The minimum atomic E-state index is -0.572. The molecule has 4 aromatic carbocycles. The molecule has 0 atom stereocenters. The van der Waals surface area contributed by atoms with Crippen LogP contribution in [0.5, 0.6) is 17.2 Å². The summed E-state index contributed by atoms with van der Waals surface area (Å²) in [7, 11) is 0. The first-order valence-corrected chi connectivity index (χ1v) is 12.1. The van der Waals surface area contributed by atoms with Crippen molar-refractivity contribution in [3.63, 3.8) is 0 Å². The zero-order valence-corrected chi connectivity index (χ0v) is 20.0. The molecule has 3 heteroatoms. The molecule has 3 nitrogen and oxygen atoms in total. The van der Waals surface area contributed by atoms with Gasteiger partial charge in [0.05, 0.1) is 25.2 Å². The van der Waals surface area contributed by atoms with Gasteiger partial charge in [0.1, 0.15) is 17.2 Å². The summed E-state index contributed by atoms with van der Waals surface area (Å²) in [5, 5.41) is 0. The first kappa shape index (κ1) is 22.1. The predicted molar refractivity (Wildman–Crippen MR) is 137 cm³/mol. The smallest absolute Gasteiger partial charge is 0.127 e. The van der Waals surface area contributed by atoms with Crippen molar-refractivity contribution in [1.82, 2.24) is 0 Å². The molecule has 0 saturated heterocycles. The van der Waals surface area contributed by atoms with E-state index in [9.17, 15) is 0 Å². The van der Waals surface area contributed by atoms with Gasteiger partial charge in [-0.2, -0.15) is 0 Å². The second-order valence-electron chi connectivity index (χ2n) is 8.30. The summed E-state index contributed by atoms with van der Waals surface area (Å²) in [6, 6.07) is 31.9. The fourth-order valence-corrected chi connectivity index (χ4v) is 5.34. The van der Waals surface area contributed by atoms with Crippen molar-refractivity contribution >= 4 is 0 Å². The van der Waals surface area contributed by atoms with Crippen LogP contribution in [0.15, 0.2) is 91.0 Å². The fourth-order valence-electron chi connectivity index (χ4n) is 5.34. The van der Waals surface area contributed by atoms with Gasteiger partial charge < -0.3 is 14.2 Å². The Labute approximate surface area is 201 Å². The van der Waals surface area contributed by atoms with E-state index in [2.05, 4.69) is 84.9 Å². The van der Waals surface area contributed by atoms with Crippen LogP contribution in [0.25, 0.3) is 11.1 Å². The van der Waals surface area contributed by atoms with Crippen LogP contribution in [0.2, 0.25) is 0 Å². The van der Waals surface area contributed by atoms with Gasteiger partial charge in [0.15, 0.2) is 0 Å². The zero-order chi connectivity index (χ0) is 23.5. The van der Waals surface area contributed by atoms with Gasteiger partial charge in [-0.15, -0.1) is 0 Å². The Morgan fingerprint density at radius 3 is 1.74 bits per heavy atom. The summed E-state index contributed by atoms with van der Waals surface area (Å²) in [5.74, 6) is 2.61. The van der Waals surface area contributed by atoms with Crippen molar-refractivity contribution in [2.24, 2.45) is 0 Å². The van der Waals surface area contributed by atoms with Gasteiger partial charge in [-0.25, -0.2) is 0 Å². The molecule has 172 valence electrons. The van der Waals surface area contributed by atoms with Crippen LogP contribution in [0.3, 0.4) is 0 Å². The lowest BCUT2D eigenvalue weighted by Gasteiger charge is -2.35. The molecule has 0 spiro atoms. The number of rotatable bonds is 8. The average Bonchev–Trinajstić information content (AvgIpc) is 3.19. The molecule has 0 saturated carbocycles. The third-order valence-corrected chi connectivity index (χ3v) is 6.49. The lowest BCUT2D eigenvalue weighted by molar-refractivity contribution is 0.327. The van der Waals surface area contributed by atoms with Gasteiger partial charge in [0, 0.05) is 11.1 Å². The lowest BCUT2D eigenvalue weighted by Crippen LogP contribution is -2.29. The van der Waals surface area contributed by atoms with E-state index in [0.717, 1.165) is 33.9 Å². The molecule has 0 unspecified atom stereocenters. The summed E-state index contributed by atoms with van der Waals surface area (Å²) < 4.78 is 18.5. The highest BCUT2D eigenvalue weighted by atomic mass is 16.5. The third-order valence-electron chi connectivity index (χ3n) is 6.49. The van der Waals surface area contributed by atoms with Crippen molar-refractivity contribution in [3.8, 4) is 28.4 Å². The Morgan fingerprint density at radius 1 is 0.588 bits per heavy atom. The summed E-state index contributed by atoms with van der Waals surface area (Å²) >= 11 is 0. The number of ether oxygens (including phenoxy) is 3. The van der Waals surface area contributed by atoms with Crippen LogP contribution in [0.1, 0.15) is 43.0 Å². The molecule has 4 aromatic rings. The Bertz CT molecular complexity index is 1240. The fraction of sp³-hybridized carbons (Fsp3) is 0.226. The van der Waals surface area contributed by atoms with E-state index in [0.29, 0.717) is 19.8 Å². The average molecular weight is 451 g/mol. The minimum absolute atomic E-state index is 0.572. The highest BCUT2D eigenvalue weighted by molar-refractivity contribution is 5.92. The quantitative estimate of drug-likeness (QED) is 0.249. The van der Waals surface area contributed by atoms with E-state index >= 15 is 0 Å². The molecule has 0 radical (unpaired) electrons. The molecule has 0 aromatic heterocycles. The topological polar surface area (TPSA) is 27.7 Å². The molecular formula is C31H30O3. The molecule has 0 heterocycles. The van der Waals surface area contributed by atoms with Gasteiger partial charge in [-0.3, -0.25) is 0 Å². The maximum Gasteiger partial charge on any atom is 0.127 e. The van der Waals surface area contributed by atoms with Gasteiger partial charge in [0.25, 0.3) is 0 Å². The van der Waals surface area contributed by atoms with E-state index in [-0.39, 0.29) is 0 Å². The summed E-state index contributed by atoms with van der Waals surface area (Å²) in [4.78, 5) is 0. The van der Waals surface area contributed by atoms with Gasteiger partial charge >= 0.3 is 0 Å². The molecule has 1 aliphatic carbocycles. The molecule has 0 N–H and O–H groups in total. The maximum absolute atomic E-state index is 6.30. The van der Waals surface area contributed by atoms with Gasteiger partial charge in [-0.1, -0.05) is 66.7 Å². The Kier molecular flexibility index (Phi) is 6.02. The van der Waals surface area contributed by atoms with Crippen LogP contribution in [-0.2, 0) is 5.41 Å². The van der Waals surface area contributed by atoms with E-state index in [4.69, 9.17) is 14.2 Å². The molecule has 0 fully saturated rings. The summed E-state index contributed by atoms with van der Waals surface area (Å²) in [6.45, 7) is 7.87. The normalized spacial score (nSPS) is 13.1. The zero-order valence-electron chi connectivity index (χ0n) is 20.0. The highest BCUT2D eigenvalue weighted by Gasteiger charge is 2.49. The number of hydrogen-bond donors (Lipinski definition) is 0. The van der Waals surface area contributed by atoms with Crippen molar-refractivity contribution < 1.29 is 14.2 Å². The Balaban J connectivity index is 1.98. The Hall–Kier alpha value is -3.72. The number of benzene rings is 4. The lowest BCUT2D eigenvalue weighted by atomic mass is 9.67. The van der Waals surface area contributed by atoms with E-state index < -0.39 is 5.41 Å². The van der Waals surface area contributed by atoms with Crippen molar-refractivity contribution in [1.29, 1.82) is 0 Å². The van der Waals surface area contributed by atoms with Gasteiger partial charge in [0.2, 0.25) is 0 Å². The van der Waals surface area contributed by atoms with E-state index in [1.807, 2.05) is 26.8 Å². The Morgan fingerprint density at radius 2 is 1.15 bits per heavy atom. The highest BCUT2D eigenvalue weighted by Crippen LogP contribution is 2.61. The van der Waals surface area contributed by atoms with Crippen molar-refractivity contribution in [3.05, 3.63) is 113 Å². The number of fused-ring (bicyclic) bond motifs is 3. The molecule has 5 rings (SSSR count). The van der Waals surface area contributed by atoms with E-state index in [1.165, 1.54) is 16.7 Å². The first-order chi connectivity index (χ1) is 16.7. The second kappa shape index (κ2) is 9.26. The molecular weight excluding hydrogens is 420 g/mol. The monoisotopic (exact) mass is 450 g/mol.